The number of fused-ring (bicyclic) bond motifs is 7. The van der Waals surface area contributed by atoms with Crippen LogP contribution in [0.5, 0.6) is 0 Å². The Balaban J connectivity index is 1.39. The first kappa shape index (κ1) is 26.5. The molecular formula is C43H33NS. The normalized spacial score (nSPS) is 15.4. The van der Waals surface area contributed by atoms with Crippen molar-refractivity contribution >= 4 is 59.2 Å². The Kier molecular flexibility index (Phi) is 5.92. The van der Waals surface area contributed by atoms with E-state index < -0.39 is 0 Å². The molecule has 7 aromatic rings. The predicted octanol–water partition coefficient (Wildman–Crippen LogP) is 12.4. The second kappa shape index (κ2) is 10.1. The van der Waals surface area contributed by atoms with Crippen LogP contribution in [0.25, 0.3) is 47.6 Å². The summed E-state index contributed by atoms with van der Waals surface area (Å²) in [6, 6.07) is 49.4. The summed E-state index contributed by atoms with van der Waals surface area (Å²) in [5.74, 6) is 0. The molecule has 9 rings (SSSR count). The maximum Gasteiger partial charge on any atom is 0.0543 e. The highest BCUT2D eigenvalue weighted by Gasteiger charge is 2.41. The standard InChI is InChI=1S/C43H33NS/c1-43(2)35-19-10-8-18-34(35)42-36(43)20-12-21-37(42)44(30-24-25-33-32-17-9-11-22-39(32)45-40(33)27-30)38-26-23-28-13-6-7-16-31(28)41(38)29-14-4-3-5-15-29/h3-11,13-20,22-27H,12,21H2,1-2H3. The molecule has 0 saturated heterocycles. The first-order chi connectivity index (χ1) is 22.1. The van der Waals surface area contributed by atoms with Crippen LogP contribution in [0.15, 0.2) is 151 Å². The SMILES string of the molecule is CC1(C)C2=CCCC(N(c3ccc4c(c3)sc3ccccc34)c3ccc4ccccc4c3-c3ccccc3)=C2c2ccccc21. The maximum atomic E-state index is 2.61. The summed E-state index contributed by atoms with van der Waals surface area (Å²) in [5.41, 5.74) is 12.0. The Bertz CT molecular complexity index is 2350. The van der Waals surface area contributed by atoms with Crippen molar-refractivity contribution in [2.24, 2.45) is 0 Å². The molecule has 1 aromatic heterocycles. The van der Waals surface area contributed by atoms with Gasteiger partial charge in [-0.1, -0.05) is 129 Å². The third-order valence-corrected chi connectivity index (χ3v) is 11.1. The zero-order valence-electron chi connectivity index (χ0n) is 25.5. The highest BCUT2D eigenvalue weighted by Crippen LogP contribution is 2.55. The Hall–Kier alpha value is -4.92. The third-order valence-electron chi connectivity index (χ3n) is 9.93. The molecule has 6 aromatic carbocycles. The lowest BCUT2D eigenvalue weighted by Gasteiger charge is -2.35. The number of hydrogen-bond acceptors (Lipinski definition) is 2. The largest absolute Gasteiger partial charge is 0.313 e. The van der Waals surface area contributed by atoms with E-state index in [1.807, 2.05) is 11.3 Å². The van der Waals surface area contributed by atoms with Crippen molar-refractivity contribution in [2.45, 2.75) is 32.1 Å². The van der Waals surface area contributed by atoms with Crippen molar-refractivity contribution in [3.05, 3.63) is 162 Å². The Labute approximate surface area is 268 Å². The van der Waals surface area contributed by atoms with Gasteiger partial charge in [-0.25, -0.2) is 0 Å². The number of thiophene rings is 1. The van der Waals surface area contributed by atoms with Crippen LogP contribution in [-0.2, 0) is 5.41 Å². The lowest BCUT2D eigenvalue weighted by atomic mass is 9.79. The number of benzene rings is 6. The van der Waals surface area contributed by atoms with E-state index >= 15 is 0 Å². The van der Waals surface area contributed by atoms with E-state index in [1.54, 1.807) is 0 Å². The van der Waals surface area contributed by atoms with Crippen molar-refractivity contribution in [3.63, 3.8) is 0 Å². The monoisotopic (exact) mass is 595 g/mol. The summed E-state index contributed by atoms with van der Waals surface area (Å²) in [5, 5.41) is 5.20. The van der Waals surface area contributed by atoms with Crippen LogP contribution >= 0.6 is 11.3 Å². The second-order valence-corrected chi connectivity index (χ2v) is 13.9. The fraction of sp³-hybridized carbons (Fsp3) is 0.116. The fourth-order valence-electron chi connectivity index (χ4n) is 7.87. The molecule has 0 unspecified atom stereocenters. The molecule has 0 spiro atoms. The topological polar surface area (TPSA) is 3.24 Å². The van der Waals surface area contributed by atoms with Crippen LogP contribution < -0.4 is 4.90 Å². The van der Waals surface area contributed by atoms with Crippen LogP contribution in [0.1, 0.15) is 37.8 Å². The highest BCUT2D eigenvalue weighted by atomic mass is 32.1. The van der Waals surface area contributed by atoms with Gasteiger partial charge in [-0.2, -0.15) is 0 Å². The molecule has 0 bridgehead atoms. The molecule has 0 atom stereocenters. The van der Waals surface area contributed by atoms with Gasteiger partial charge in [-0.3, -0.25) is 0 Å². The third kappa shape index (κ3) is 3.99. The first-order valence-corrected chi connectivity index (χ1v) is 16.7. The van der Waals surface area contributed by atoms with Gasteiger partial charge in [-0.05, 0) is 70.1 Å². The van der Waals surface area contributed by atoms with Crippen LogP contribution in [0.2, 0.25) is 0 Å². The number of hydrogen-bond donors (Lipinski definition) is 0. The molecule has 0 N–H and O–H groups in total. The summed E-state index contributed by atoms with van der Waals surface area (Å²) in [6.07, 6.45) is 4.51. The summed E-state index contributed by atoms with van der Waals surface area (Å²) in [7, 11) is 0. The molecule has 0 aliphatic heterocycles. The number of nitrogens with zero attached hydrogens (tertiary/aromatic N) is 1. The van der Waals surface area contributed by atoms with E-state index in [2.05, 4.69) is 158 Å². The quantitative estimate of drug-likeness (QED) is 0.196. The van der Waals surface area contributed by atoms with E-state index in [0.29, 0.717) is 0 Å². The van der Waals surface area contributed by atoms with Gasteiger partial charge >= 0.3 is 0 Å². The molecule has 1 heterocycles. The minimum Gasteiger partial charge on any atom is -0.313 e. The second-order valence-electron chi connectivity index (χ2n) is 12.8. The van der Waals surface area contributed by atoms with Crippen molar-refractivity contribution in [2.75, 3.05) is 4.90 Å². The first-order valence-electron chi connectivity index (χ1n) is 15.9. The van der Waals surface area contributed by atoms with Crippen LogP contribution in [0.4, 0.5) is 11.4 Å². The van der Waals surface area contributed by atoms with Gasteiger partial charge in [0.2, 0.25) is 0 Å². The van der Waals surface area contributed by atoms with Gasteiger partial charge in [0, 0.05) is 48.1 Å². The smallest absolute Gasteiger partial charge is 0.0543 e. The van der Waals surface area contributed by atoms with Crippen molar-refractivity contribution in [1.82, 2.24) is 0 Å². The average molecular weight is 596 g/mol. The van der Waals surface area contributed by atoms with Gasteiger partial charge in [0.1, 0.15) is 0 Å². The molecular weight excluding hydrogens is 563 g/mol. The predicted molar refractivity (Wildman–Crippen MR) is 195 cm³/mol. The van der Waals surface area contributed by atoms with E-state index in [1.165, 1.54) is 81.4 Å². The van der Waals surface area contributed by atoms with E-state index in [0.717, 1.165) is 12.8 Å². The highest BCUT2D eigenvalue weighted by molar-refractivity contribution is 7.25. The van der Waals surface area contributed by atoms with Crippen LogP contribution in [0, 0.1) is 0 Å². The zero-order chi connectivity index (χ0) is 30.1. The molecule has 0 saturated carbocycles. The Morgan fingerprint density at radius 2 is 1.38 bits per heavy atom. The summed E-state index contributed by atoms with van der Waals surface area (Å²) in [6.45, 7) is 4.79. The lowest BCUT2D eigenvalue weighted by Crippen LogP contribution is -2.22. The lowest BCUT2D eigenvalue weighted by molar-refractivity contribution is 0.652. The Morgan fingerprint density at radius 3 is 2.27 bits per heavy atom. The molecule has 2 heteroatoms. The van der Waals surface area contributed by atoms with E-state index in [9.17, 15) is 0 Å². The van der Waals surface area contributed by atoms with Gasteiger partial charge in [0.05, 0.1) is 5.69 Å². The molecule has 1 nitrogen and oxygen atoms in total. The van der Waals surface area contributed by atoms with Gasteiger partial charge in [0.15, 0.2) is 0 Å². The molecule has 0 radical (unpaired) electrons. The zero-order valence-corrected chi connectivity index (χ0v) is 26.4. The summed E-state index contributed by atoms with van der Waals surface area (Å²) in [4.78, 5) is 2.61. The van der Waals surface area contributed by atoms with Crippen LogP contribution in [0.3, 0.4) is 0 Å². The minimum atomic E-state index is -0.0374. The van der Waals surface area contributed by atoms with Crippen molar-refractivity contribution < 1.29 is 0 Å². The number of rotatable bonds is 4. The molecule has 2 aliphatic carbocycles. The summed E-state index contributed by atoms with van der Waals surface area (Å²) >= 11 is 1.89. The average Bonchev–Trinajstić information content (AvgIpc) is 3.57. The Morgan fingerprint density at radius 1 is 0.644 bits per heavy atom. The fourth-order valence-corrected chi connectivity index (χ4v) is 9.01. The van der Waals surface area contributed by atoms with E-state index in [-0.39, 0.29) is 5.41 Å². The molecule has 0 amide bonds. The van der Waals surface area contributed by atoms with Crippen LogP contribution in [-0.4, -0.2) is 0 Å². The number of anilines is 2. The maximum absolute atomic E-state index is 2.61. The van der Waals surface area contributed by atoms with Gasteiger partial charge in [0.25, 0.3) is 0 Å². The molecule has 216 valence electrons. The molecule has 2 aliphatic rings. The van der Waals surface area contributed by atoms with Crippen molar-refractivity contribution in [3.8, 4) is 11.1 Å². The van der Waals surface area contributed by atoms with Gasteiger partial charge < -0.3 is 4.90 Å². The minimum absolute atomic E-state index is 0.0374. The summed E-state index contributed by atoms with van der Waals surface area (Å²) < 4.78 is 2.66. The van der Waals surface area contributed by atoms with Gasteiger partial charge in [-0.15, -0.1) is 11.3 Å². The molecule has 45 heavy (non-hydrogen) atoms. The van der Waals surface area contributed by atoms with E-state index in [4.69, 9.17) is 0 Å². The number of allylic oxidation sites excluding steroid dienone is 4. The molecule has 0 fully saturated rings. The van der Waals surface area contributed by atoms with Crippen molar-refractivity contribution in [1.29, 1.82) is 0 Å².